The van der Waals surface area contributed by atoms with Crippen LogP contribution in [-0.2, 0) is 6.54 Å². The zero-order valence-electron chi connectivity index (χ0n) is 8.76. The molecule has 3 N–H and O–H groups in total. The molecule has 2 rings (SSSR count). The average Bonchev–Trinajstić information content (AvgIpc) is 2.30. The van der Waals surface area contributed by atoms with Gasteiger partial charge in [-0.15, -0.1) is 12.4 Å². The van der Waals surface area contributed by atoms with E-state index in [4.69, 9.17) is 5.73 Å². The van der Waals surface area contributed by atoms with Crippen molar-refractivity contribution >= 4 is 12.4 Å². The first-order chi connectivity index (χ1) is 7.31. The van der Waals surface area contributed by atoms with E-state index in [1.54, 1.807) is 12.1 Å². The molecule has 0 amide bonds. The predicted octanol–water partition coefficient (Wildman–Crippen LogP) is 2.94. The minimum absolute atomic E-state index is 0. The van der Waals surface area contributed by atoms with Gasteiger partial charge in [-0.25, -0.2) is 0 Å². The number of phenolic OH excluding ortho intramolecular Hbond substituents is 1. The number of rotatable bonds is 2. The minimum Gasteiger partial charge on any atom is -0.508 e. The van der Waals surface area contributed by atoms with Crippen LogP contribution in [0.15, 0.2) is 48.5 Å². The quantitative estimate of drug-likeness (QED) is 0.841. The lowest BCUT2D eigenvalue weighted by molar-refractivity contribution is 0.474. The predicted molar refractivity (Wildman–Crippen MR) is 68.7 cm³/mol. The van der Waals surface area contributed by atoms with Crippen molar-refractivity contribution in [2.24, 2.45) is 5.73 Å². The third kappa shape index (κ3) is 2.54. The van der Waals surface area contributed by atoms with E-state index in [1.165, 1.54) is 0 Å². The second kappa shape index (κ2) is 5.54. The zero-order valence-corrected chi connectivity index (χ0v) is 9.58. The van der Waals surface area contributed by atoms with Crippen molar-refractivity contribution in [3.8, 4) is 16.9 Å². The van der Waals surface area contributed by atoms with Gasteiger partial charge in [0.05, 0.1) is 0 Å². The molecule has 0 saturated carbocycles. The van der Waals surface area contributed by atoms with Gasteiger partial charge in [0, 0.05) is 6.54 Å². The fraction of sp³-hybridized carbons (Fsp3) is 0.0769. The summed E-state index contributed by atoms with van der Waals surface area (Å²) in [4.78, 5) is 0. The van der Waals surface area contributed by atoms with E-state index in [0.717, 1.165) is 16.7 Å². The van der Waals surface area contributed by atoms with E-state index in [0.29, 0.717) is 6.54 Å². The summed E-state index contributed by atoms with van der Waals surface area (Å²) < 4.78 is 0. The summed E-state index contributed by atoms with van der Waals surface area (Å²) in [5.74, 6) is 0.259. The third-order valence-corrected chi connectivity index (χ3v) is 2.39. The number of benzene rings is 2. The van der Waals surface area contributed by atoms with Crippen LogP contribution in [0, 0.1) is 0 Å². The second-order valence-corrected chi connectivity index (χ2v) is 3.41. The second-order valence-electron chi connectivity index (χ2n) is 3.41. The molecule has 0 aliphatic heterocycles. The number of nitrogens with two attached hydrogens (primary N) is 1. The molecular formula is C13H14ClNO. The largest absolute Gasteiger partial charge is 0.508 e. The van der Waals surface area contributed by atoms with Gasteiger partial charge in [-0.2, -0.15) is 0 Å². The van der Waals surface area contributed by atoms with E-state index in [-0.39, 0.29) is 18.2 Å². The van der Waals surface area contributed by atoms with Crippen LogP contribution in [0.2, 0.25) is 0 Å². The number of phenols is 1. The fourth-order valence-electron chi connectivity index (χ4n) is 1.65. The summed E-state index contributed by atoms with van der Waals surface area (Å²) >= 11 is 0. The molecule has 3 heteroatoms. The van der Waals surface area contributed by atoms with E-state index in [9.17, 15) is 5.11 Å². The van der Waals surface area contributed by atoms with Crippen LogP contribution in [0.5, 0.6) is 5.75 Å². The Hall–Kier alpha value is -1.51. The van der Waals surface area contributed by atoms with Crippen LogP contribution in [-0.4, -0.2) is 5.11 Å². The summed E-state index contributed by atoms with van der Waals surface area (Å²) in [7, 11) is 0. The van der Waals surface area contributed by atoms with Crippen LogP contribution >= 0.6 is 12.4 Å². The highest BCUT2D eigenvalue weighted by atomic mass is 35.5. The Morgan fingerprint density at radius 3 is 2.31 bits per heavy atom. The van der Waals surface area contributed by atoms with E-state index in [1.807, 2.05) is 36.4 Å². The highest BCUT2D eigenvalue weighted by Crippen LogP contribution is 2.26. The normalized spacial score (nSPS) is 9.56. The molecule has 16 heavy (non-hydrogen) atoms. The smallest absolute Gasteiger partial charge is 0.115 e. The number of hydrogen-bond acceptors (Lipinski definition) is 2. The van der Waals surface area contributed by atoms with Crippen molar-refractivity contribution in [1.29, 1.82) is 0 Å². The standard InChI is InChI=1S/C13H13NO.ClH/c14-9-11-8-12(15)6-7-13(11)10-4-2-1-3-5-10;/h1-8,15H,9,14H2;1H. The van der Waals surface area contributed by atoms with E-state index < -0.39 is 0 Å². The molecule has 0 aromatic heterocycles. The van der Waals surface area contributed by atoms with E-state index in [2.05, 4.69) is 0 Å². The van der Waals surface area contributed by atoms with Gasteiger partial charge >= 0.3 is 0 Å². The molecule has 0 heterocycles. The Morgan fingerprint density at radius 2 is 1.69 bits per heavy atom. The Kier molecular flexibility index (Phi) is 4.35. The summed E-state index contributed by atoms with van der Waals surface area (Å²) in [6, 6.07) is 15.3. The lowest BCUT2D eigenvalue weighted by Crippen LogP contribution is -1.98. The van der Waals surface area contributed by atoms with Gasteiger partial charge in [0.25, 0.3) is 0 Å². The molecule has 2 aromatic carbocycles. The molecule has 0 unspecified atom stereocenters. The van der Waals surface area contributed by atoms with Crippen molar-refractivity contribution in [3.63, 3.8) is 0 Å². The lowest BCUT2D eigenvalue weighted by Gasteiger charge is -2.08. The van der Waals surface area contributed by atoms with Gasteiger partial charge in [-0.1, -0.05) is 36.4 Å². The molecule has 84 valence electrons. The topological polar surface area (TPSA) is 46.2 Å². The molecule has 2 nitrogen and oxygen atoms in total. The van der Waals surface area contributed by atoms with Crippen molar-refractivity contribution in [2.75, 3.05) is 0 Å². The molecule has 0 saturated heterocycles. The van der Waals surface area contributed by atoms with Gasteiger partial charge in [-0.05, 0) is 28.8 Å². The first-order valence-corrected chi connectivity index (χ1v) is 4.88. The Morgan fingerprint density at radius 1 is 1.00 bits per heavy atom. The summed E-state index contributed by atoms with van der Waals surface area (Å²) in [5.41, 5.74) is 8.81. The van der Waals surface area contributed by atoms with Crippen LogP contribution in [0.3, 0.4) is 0 Å². The van der Waals surface area contributed by atoms with Gasteiger partial charge in [0.2, 0.25) is 0 Å². The van der Waals surface area contributed by atoms with Gasteiger partial charge in [0.1, 0.15) is 5.75 Å². The van der Waals surface area contributed by atoms with Crippen molar-refractivity contribution in [3.05, 3.63) is 54.1 Å². The van der Waals surface area contributed by atoms with Gasteiger partial charge < -0.3 is 10.8 Å². The molecule has 0 atom stereocenters. The highest BCUT2D eigenvalue weighted by Gasteiger charge is 2.03. The number of hydrogen-bond donors (Lipinski definition) is 2. The van der Waals surface area contributed by atoms with Crippen molar-refractivity contribution < 1.29 is 5.11 Å². The van der Waals surface area contributed by atoms with Crippen LogP contribution in [0.4, 0.5) is 0 Å². The Labute approximate surface area is 101 Å². The van der Waals surface area contributed by atoms with Crippen LogP contribution in [0.25, 0.3) is 11.1 Å². The molecule has 0 spiro atoms. The number of halogens is 1. The van der Waals surface area contributed by atoms with Crippen LogP contribution in [0.1, 0.15) is 5.56 Å². The maximum absolute atomic E-state index is 9.36. The SMILES string of the molecule is Cl.NCc1cc(O)ccc1-c1ccccc1. The Bertz CT molecular complexity index is 457. The molecular weight excluding hydrogens is 222 g/mol. The first-order valence-electron chi connectivity index (χ1n) is 4.88. The fourth-order valence-corrected chi connectivity index (χ4v) is 1.65. The molecule has 0 radical (unpaired) electrons. The van der Waals surface area contributed by atoms with Crippen molar-refractivity contribution in [1.82, 2.24) is 0 Å². The molecule has 0 aliphatic carbocycles. The maximum atomic E-state index is 9.36. The third-order valence-electron chi connectivity index (χ3n) is 2.39. The summed E-state index contributed by atoms with van der Waals surface area (Å²) in [5, 5.41) is 9.36. The average molecular weight is 236 g/mol. The van der Waals surface area contributed by atoms with Gasteiger partial charge in [-0.3, -0.25) is 0 Å². The minimum atomic E-state index is 0. The monoisotopic (exact) mass is 235 g/mol. The zero-order chi connectivity index (χ0) is 10.7. The van der Waals surface area contributed by atoms with Crippen molar-refractivity contribution in [2.45, 2.75) is 6.54 Å². The van der Waals surface area contributed by atoms with Crippen LogP contribution < -0.4 is 5.73 Å². The first kappa shape index (κ1) is 12.6. The molecule has 0 aliphatic rings. The number of aromatic hydroxyl groups is 1. The Balaban J connectivity index is 0.00000128. The van der Waals surface area contributed by atoms with E-state index >= 15 is 0 Å². The highest BCUT2D eigenvalue weighted by molar-refractivity contribution is 5.85. The summed E-state index contributed by atoms with van der Waals surface area (Å²) in [6.45, 7) is 0.429. The molecule has 0 fully saturated rings. The maximum Gasteiger partial charge on any atom is 0.115 e. The summed E-state index contributed by atoms with van der Waals surface area (Å²) in [6.07, 6.45) is 0. The molecule has 2 aromatic rings. The molecule has 0 bridgehead atoms. The lowest BCUT2D eigenvalue weighted by atomic mass is 9.99. The van der Waals surface area contributed by atoms with Gasteiger partial charge in [0.15, 0.2) is 0 Å².